The van der Waals surface area contributed by atoms with Crippen LogP contribution in [0, 0.1) is 0 Å². The molecule has 2 aromatic rings. The zero-order valence-electron chi connectivity index (χ0n) is 11.2. The first-order chi connectivity index (χ1) is 9.42. The normalized spacial score (nSPS) is 20.6. The number of hydrogen-bond donors (Lipinski definition) is 2. The van der Waals surface area contributed by atoms with Gasteiger partial charge in [0.2, 0.25) is 0 Å². The molecule has 0 amide bonds. The fourth-order valence-electron chi connectivity index (χ4n) is 3.46. The molecule has 1 aromatic heterocycles. The van der Waals surface area contributed by atoms with E-state index in [1.54, 1.807) is 0 Å². The Morgan fingerprint density at radius 3 is 2.95 bits per heavy atom. The Morgan fingerprint density at radius 2 is 2.05 bits per heavy atom. The maximum absolute atomic E-state index is 5.62. The molecule has 0 bridgehead atoms. The number of nitrogens with one attached hydrogen (secondary N) is 2. The molecule has 0 atom stereocenters. The fraction of sp³-hybridized carbons (Fsp3) is 0.500. The van der Waals surface area contributed by atoms with Crippen LogP contribution in [0.3, 0.4) is 0 Å². The highest BCUT2D eigenvalue weighted by Gasteiger charge is 2.19. The van der Waals surface area contributed by atoms with Crippen molar-refractivity contribution in [2.45, 2.75) is 31.8 Å². The number of H-pyrrole nitrogens is 1. The molecule has 0 radical (unpaired) electrons. The lowest BCUT2D eigenvalue weighted by atomic mass is 9.89. The molecule has 0 saturated carbocycles. The van der Waals surface area contributed by atoms with Gasteiger partial charge in [0.1, 0.15) is 0 Å². The van der Waals surface area contributed by atoms with Crippen LogP contribution in [0.4, 0.5) is 0 Å². The minimum atomic E-state index is 0.723. The number of fused-ring (bicyclic) bond motifs is 3. The first kappa shape index (κ1) is 11.5. The van der Waals surface area contributed by atoms with E-state index in [9.17, 15) is 0 Å². The summed E-state index contributed by atoms with van der Waals surface area (Å²) in [5.41, 5.74) is 5.54. The summed E-state index contributed by atoms with van der Waals surface area (Å²) in [4.78, 5) is 3.55. The number of aromatic nitrogens is 1. The van der Waals surface area contributed by atoms with Crippen LogP contribution in [0.2, 0.25) is 0 Å². The monoisotopic (exact) mass is 256 g/mol. The van der Waals surface area contributed by atoms with Gasteiger partial charge in [-0.2, -0.15) is 0 Å². The Balaban J connectivity index is 1.77. The van der Waals surface area contributed by atoms with E-state index in [0.29, 0.717) is 0 Å². The largest absolute Gasteiger partial charge is 0.376 e. The van der Waals surface area contributed by atoms with E-state index >= 15 is 0 Å². The molecule has 2 aliphatic rings. The molecule has 0 unspecified atom stereocenters. The number of aromatic amines is 1. The second-order valence-electron chi connectivity index (χ2n) is 5.71. The summed E-state index contributed by atoms with van der Waals surface area (Å²) in [6, 6.07) is 6.96. The molecule has 3 nitrogen and oxygen atoms in total. The van der Waals surface area contributed by atoms with Crippen LogP contribution in [0.1, 0.15) is 35.6 Å². The van der Waals surface area contributed by atoms with Gasteiger partial charge in [-0.05, 0) is 49.5 Å². The minimum absolute atomic E-state index is 0.723. The number of benzene rings is 1. The van der Waals surface area contributed by atoms with Crippen molar-refractivity contribution in [3.63, 3.8) is 0 Å². The van der Waals surface area contributed by atoms with Crippen molar-refractivity contribution in [1.82, 2.24) is 10.3 Å². The first-order valence-electron chi connectivity index (χ1n) is 7.33. The van der Waals surface area contributed by atoms with Crippen LogP contribution in [0.5, 0.6) is 0 Å². The molecular formula is C16H20N2O. The average Bonchev–Trinajstić information content (AvgIpc) is 2.86. The number of ether oxygens (including phenoxy) is 1. The molecule has 1 fully saturated rings. The van der Waals surface area contributed by atoms with Gasteiger partial charge in [-0.3, -0.25) is 0 Å². The van der Waals surface area contributed by atoms with E-state index in [1.165, 1.54) is 40.6 Å². The van der Waals surface area contributed by atoms with Gasteiger partial charge < -0.3 is 15.0 Å². The second-order valence-corrected chi connectivity index (χ2v) is 5.71. The number of hydrogen-bond acceptors (Lipinski definition) is 2. The van der Waals surface area contributed by atoms with Crippen LogP contribution in [0.15, 0.2) is 18.2 Å². The topological polar surface area (TPSA) is 37.0 Å². The van der Waals surface area contributed by atoms with Crippen molar-refractivity contribution in [2.75, 3.05) is 19.7 Å². The predicted octanol–water partition coefficient (Wildman–Crippen LogP) is 2.71. The zero-order valence-corrected chi connectivity index (χ0v) is 11.2. The van der Waals surface area contributed by atoms with Crippen LogP contribution in [-0.2, 0) is 17.8 Å². The SMILES string of the molecule is c1cc2[nH]c3c(c2cc1C1CCNCC1)COCC3. The van der Waals surface area contributed by atoms with Crippen LogP contribution < -0.4 is 5.32 Å². The molecule has 0 aliphatic carbocycles. The maximum atomic E-state index is 5.62. The van der Waals surface area contributed by atoms with Gasteiger partial charge in [0.05, 0.1) is 13.2 Å². The summed E-state index contributed by atoms with van der Waals surface area (Å²) < 4.78 is 5.62. The van der Waals surface area contributed by atoms with Crippen molar-refractivity contribution in [1.29, 1.82) is 0 Å². The standard InChI is InChI=1S/C16H20N2O/c1-2-15-13(14-10-19-8-5-16(14)18-15)9-12(1)11-3-6-17-7-4-11/h1-2,9,11,17-18H,3-8,10H2. The first-order valence-corrected chi connectivity index (χ1v) is 7.33. The lowest BCUT2D eigenvalue weighted by Gasteiger charge is -2.23. The predicted molar refractivity (Wildman–Crippen MR) is 76.5 cm³/mol. The molecule has 19 heavy (non-hydrogen) atoms. The summed E-state index contributed by atoms with van der Waals surface area (Å²) in [6.07, 6.45) is 3.54. The highest BCUT2D eigenvalue weighted by molar-refractivity contribution is 5.85. The van der Waals surface area contributed by atoms with E-state index in [4.69, 9.17) is 4.74 Å². The third kappa shape index (κ3) is 1.97. The molecular weight excluding hydrogens is 236 g/mol. The van der Waals surface area contributed by atoms with Crippen molar-refractivity contribution in [3.05, 3.63) is 35.0 Å². The molecule has 3 heterocycles. The Kier molecular flexibility index (Phi) is 2.82. The smallest absolute Gasteiger partial charge is 0.0740 e. The third-order valence-electron chi connectivity index (χ3n) is 4.57. The van der Waals surface area contributed by atoms with Gasteiger partial charge in [0, 0.05) is 28.6 Å². The van der Waals surface area contributed by atoms with E-state index in [0.717, 1.165) is 38.6 Å². The Bertz CT molecular complexity index is 596. The third-order valence-corrected chi connectivity index (χ3v) is 4.57. The summed E-state index contributed by atoms with van der Waals surface area (Å²) in [6.45, 7) is 3.92. The quantitative estimate of drug-likeness (QED) is 0.823. The van der Waals surface area contributed by atoms with E-state index in [2.05, 4.69) is 28.5 Å². The summed E-state index contributed by atoms with van der Waals surface area (Å²) in [7, 11) is 0. The fourth-order valence-corrected chi connectivity index (χ4v) is 3.46. The second kappa shape index (κ2) is 4.66. The summed E-state index contributed by atoms with van der Waals surface area (Å²) >= 11 is 0. The lowest BCUT2D eigenvalue weighted by molar-refractivity contribution is 0.111. The van der Waals surface area contributed by atoms with Crippen LogP contribution in [-0.4, -0.2) is 24.7 Å². The van der Waals surface area contributed by atoms with Gasteiger partial charge in [-0.15, -0.1) is 0 Å². The Morgan fingerprint density at radius 1 is 1.16 bits per heavy atom. The molecule has 100 valence electrons. The molecule has 1 aromatic carbocycles. The number of rotatable bonds is 1. The van der Waals surface area contributed by atoms with Gasteiger partial charge in [0.25, 0.3) is 0 Å². The van der Waals surface area contributed by atoms with E-state index in [1.807, 2.05) is 0 Å². The van der Waals surface area contributed by atoms with Crippen molar-refractivity contribution < 1.29 is 4.74 Å². The Hall–Kier alpha value is -1.32. The van der Waals surface area contributed by atoms with Gasteiger partial charge in [-0.25, -0.2) is 0 Å². The van der Waals surface area contributed by atoms with E-state index < -0.39 is 0 Å². The van der Waals surface area contributed by atoms with Crippen LogP contribution in [0.25, 0.3) is 10.9 Å². The molecule has 0 spiro atoms. The van der Waals surface area contributed by atoms with Crippen molar-refractivity contribution in [3.8, 4) is 0 Å². The van der Waals surface area contributed by atoms with Gasteiger partial charge in [0.15, 0.2) is 0 Å². The van der Waals surface area contributed by atoms with Gasteiger partial charge >= 0.3 is 0 Å². The molecule has 2 aliphatic heterocycles. The average molecular weight is 256 g/mol. The summed E-state index contributed by atoms with van der Waals surface area (Å²) in [5, 5.41) is 4.82. The molecule has 1 saturated heterocycles. The van der Waals surface area contributed by atoms with Crippen molar-refractivity contribution in [2.24, 2.45) is 0 Å². The molecule has 2 N–H and O–H groups in total. The molecule has 4 rings (SSSR count). The minimum Gasteiger partial charge on any atom is -0.376 e. The van der Waals surface area contributed by atoms with Crippen LogP contribution >= 0.6 is 0 Å². The Labute approximate surface area is 113 Å². The van der Waals surface area contributed by atoms with Crippen molar-refractivity contribution >= 4 is 10.9 Å². The highest BCUT2D eigenvalue weighted by atomic mass is 16.5. The zero-order chi connectivity index (χ0) is 12.7. The summed E-state index contributed by atoms with van der Waals surface area (Å²) in [5.74, 6) is 0.723. The number of piperidine rings is 1. The maximum Gasteiger partial charge on any atom is 0.0740 e. The molecule has 3 heteroatoms. The van der Waals surface area contributed by atoms with E-state index in [-0.39, 0.29) is 0 Å². The van der Waals surface area contributed by atoms with Gasteiger partial charge in [-0.1, -0.05) is 6.07 Å². The highest BCUT2D eigenvalue weighted by Crippen LogP contribution is 2.32. The lowest BCUT2D eigenvalue weighted by Crippen LogP contribution is -2.26.